The summed E-state index contributed by atoms with van der Waals surface area (Å²) in [7, 11) is 0. The summed E-state index contributed by atoms with van der Waals surface area (Å²) >= 11 is 0. The van der Waals surface area contributed by atoms with Crippen LogP contribution in [-0.4, -0.2) is 19.6 Å². The molecule has 0 unspecified atom stereocenters. The molecule has 1 aromatic rings. The second-order valence-electron chi connectivity index (χ2n) is 5.80. The van der Waals surface area contributed by atoms with E-state index in [1.54, 1.807) is 0 Å². The molecule has 0 aromatic heterocycles. The van der Waals surface area contributed by atoms with Crippen LogP contribution in [0.4, 0.5) is 5.69 Å². The number of nitrogens with one attached hydrogen (secondary N) is 1. The maximum absolute atomic E-state index is 3.47. The van der Waals surface area contributed by atoms with Crippen LogP contribution >= 0.6 is 0 Å². The van der Waals surface area contributed by atoms with Crippen molar-refractivity contribution in [1.29, 1.82) is 0 Å². The first-order chi connectivity index (χ1) is 9.24. The van der Waals surface area contributed by atoms with Gasteiger partial charge in [-0.25, -0.2) is 0 Å². The zero-order valence-corrected chi connectivity index (χ0v) is 12.7. The van der Waals surface area contributed by atoms with E-state index < -0.39 is 0 Å². The van der Waals surface area contributed by atoms with Crippen LogP contribution < -0.4 is 10.2 Å². The third kappa shape index (κ3) is 4.24. The van der Waals surface area contributed by atoms with Gasteiger partial charge in [0.1, 0.15) is 0 Å². The van der Waals surface area contributed by atoms with Gasteiger partial charge in [-0.05, 0) is 50.3 Å². The maximum Gasteiger partial charge on any atom is 0.0412 e. The fourth-order valence-electron chi connectivity index (χ4n) is 2.62. The summed E-state index contributed by atoms with van der Waals surface area (Å²) in [6.07, 6.45) is 4.07. The molecule has 0 radical (unpaired) electrons. The number of rotatable bonds is 8. The van der Waals surface area contributed by atoms with Gasteiger partial charge in [0.05, 0.1) is 0 Å². The van der Waals surface area contributed by atoms with Gasteiger partial charge in [-0.15, -0.1) is 0 Å². The third-order valence-electron chi connectivity index (χ3n) is 3.81. The first-order valence-corrected chi connectivity index (χ1v) is 7.79. The van der Waals surface area contributed by atoms with E-state index in [9.17, 15) is 0 Å². The van der Waals surface area contributed by atoms with E-state index in [1.807, 2.05) is 0 Å². The minimum absolute atomic E-state index is 0.944. The van der Waals surface area contributed by atoms with Crippen LogP contribution in [-0.2, 0) is 6.54 Å². The van der Waals surface area contributed by atoms with Crippen LogP contribution in [0, 0.1) is 12.8 Å². The molecule has 0 aliphatic heterocycles. The SMILES string of the molecule is CCCN(CC1CC1)c1ccc(C)cc1CNCC. The highest BCUT2D eigenvalue weighted by Crippen LogP contribution is 2.32. The Hall–Kier alpha value is -1.02. The standard InChI is InChI=1S/C17H28N2/c1-4-10-19(13-15-7-8-15)17-9-6-14(3)11-16(17)12-18-5-2/h6,9,11,15,18H,4-5,7-8,10,12-13H2,1-3H3. The van der Waals surface area contributed by atoms with Crippen LogP contribution in [0.25, 0.3) is 0 Å². The van der Waals surface area contributed by atoms with Gasteiger partial charge in [-0.1, -0.05) is 31.5 Å². The number of benzene rings is 1. The molecule has 1 aliphatic carbocycles. The van der Waals surface area contributed by atoms with Crippen molar-refractivity contribution in [3.63, 3.8) is 0 Å². The van der Waals surface area contributed by atoms with Crippen LogP contribution in [0.15, 0.2) is 18.2 Å². The number of hydrogen-bond acceptors (Lipinski definition) is 2. The Morgan fingerprint density at radius 2 is 2.05 bits per heavy atom. The van der Waals surface area contributed by atoms with Gasteiger partial charge in [-0.2, -0.15) is 0 Å². The normalized spacial score (nSPS) is 14.7. The van der Waals surface area contributed by atoms with Crippen molar-refractivity contribution in [1.82, 2.24) is 5.32 Å². The van der Waals surface area contributed by atoms with E-state index in [-0.39, 0.29) is 0 Å². The molecule has 0 saturated heterocycles. The van der Waals surface area contributed by atoms with E-state index in [4.69, 9.17) is 0 Å². The van der Waals surface area contributed by atoms with Crippen LogP contribution in [0.1, 0.15) is 44.2 Å². The number of nitrogens with zero attached hydrogens (tertiary/aromatic N) is 1. The second kappa shape index (κ2) is 6.95. The van der Waals surface area contributed by atoms with Crippen molar-refractivity contribution in [2.45, 2.75) is 46.6 Å². The van der Waals surface area contributed by atoms with Crippen LogP contribution in [0.2, 0.25) is 0 Å². The van der Waals surface area contributed by atoms with Gasteiger partial charge in [0, 0.05) is 25.3 Å². The van der Waals surface area contributed by atoms with Gasteiger partial charge in [0.15, 0.2) is 0 Å². The first kappa shape index (κ1) is 14.4. The van der Waals surface area contributed by atoms with Gasteiger partial charge >= 0.3 is 0 Å². The lowest BCUT2D eigenvalue weighted by atomic mass is 10.1. The Balaban J connectivity index is 2.17. The smallest absolute Gasteiger partial charge is 0.0412 e. The average Bonchev–Trinajstić information content (AvgIpc) is 3.20. The molecule has 2 heteroatoms. The largest absolute Gasteiger partial charge is 0.371 e. The maximum atomic E-state index is 3.47. The molecule has 2 rings (SSSR count). The Labute approximate surface area is 118 Å². The predicted octanol–water partition coefficient (Wildman–Crippen LogP) is 3.73. The highest BCUT2D eigenvalue weighted by atomic mass is 15.1. The summed E-state index contributed by atoms with van der Waals surface area (Å²) in [5, 5.41) is 3.47. The molecular formula is C17H28N2. The lowest BCUT2D eigenvalue weighted by Crippen LogP contribution is -2.28. The van der Waals surface area contributed by atoms with Crippen LogP contribution in [0.5, 0.6) is 0 Å². The topological polar surface area (TPSA) is 15.3 Å². The molecule has 0 atom stereocenters. The predicted molar refractivity (Wildman–Crippen MR) is 83.8 cm³/mol. The molecule has 1 saturated carbocycles. The van der Waals surface area contributed by atoms with E-state index in [2.05, 4.69) is 49.2 Å². The van der Waals surface area contributed by atoms with Crippen molar-refractivity contribution >= 4 is 5.69 Å². The van der Waals surface area contributed by atoms with Crippen molar-refractivity contribution in [3.05, 3.63) is 29.3 Å². The lowest BCUT2D eigenvalue weighted by molar-refractivity contribution is 0.688. The van der Waals surface area contributed by atoms with E-state index in [0.717, 1.165) is 19.0 Å². The zero-order chi connectivity index (χ0) is 13.7. The molecule has 1 aliphatic rings. The van der Waals surface area contributed by atoms with Crippen molar-refractivity contribution in [2.75, 3.05) is 24.5 Å². The highest BCUT2D eigenvalue weighted by Gasteiger charge is 2.25. The Morgan fingerprint density at radius 3 is 2.68 bits per heavy atom. The molecule has 0 heterocycles. The highest BCUT2D eigenvalue weighted by molar-refractivity contribution is 5.55. The van der Waals surface area contributed by atoms with E-state index in [1.165, 1.54) is 49.2 Å². The molecular weight excluding hydrogens is 232 g/mol. The monoisotopic (exact) mass is 260 g/mol. The van der Waals surface area contributed by atoms with Gasteiger partial charge in [0.2, 0.25) is 0 Å². The molecule has 1 N–H and O–H groups in total. The molecule has 106 valence electrons. The van der Waals surface area contributed by atoms with Crippen LogP contribution in [0.3, 0.4) is 0 Å². The molecule has 1 fully saturated rings. The van der Waals surface area contributed by atoms with Crippen molar-refractivity contribution in [2.24, 2.45) is 5.92 Å². The number of aryl methyl sites for hydroxylation is 1. The molecule has 0 bridgehead atoms. The molecule has 19 heavy (non-hydrogen) atoms. The number of anilines is 1. The molecule has 1 aromatic carbocycles. The number of hydrogen-bond donors (Lipinski definition) is 1. The van der Waals surface area contributed by atoms with Gasteiger partial charge in [-0.3, -0.25) is 0 Å². The summed E-state index contributed by atoms with van der Waals surface area (Å²) in [6, 6.07) is 6.91. The van der Waals surface area contributed by atoms with Crippen molar-refractivity contribution < 1.29 is 0 Å². The summed E-state index contributed by atoms with van der Waals surface area (Å²) in [6.45, 7) is 11.1. The molecule has 0 amide bonds. The van der Waals surface area contributed by atoms with E-state index in [0.29, 0.717) is 0 Å². The average molecular weight is 260 g/mol. The second-order valence-corrected chi connectivity index (χ2v) is 5.80. The zero-order valence-electron chi connectivity index (χ0n) is 12.7. The summed E-state index contributed by atoms with van der Waals surface area (Å²) in [4.78, 5) is 2.60. The minimum Gasteiger partial charge on any atom is -0.371 e. The summed E-state index contributed by atoms with van der Waals surface area (Å²) in [5.74, 6) is 0.944. The minimum atomic E-state index is 0.944. The quantitative estimate of drug-likeness (QED) is 0.766. The molecule has 0 spiro atoms. The summed E-state index contributed by atoms with van der Waals surface area (Å²) in [5.41, 5.74) is 4.26. The lowest BCUT2D eigenvalue weighted by Gasteiger charge is -2.27. The van der Waals surface area contributed by atoms with Gasteiger partial charge in [0.25, 0.3) is 0 Å². The fraction of sp³-hybridized carbons (Fsp3) is 0.647. The Bertz CT molecular complexity index is 396. The molecule has 2 nitrogen and oxygen atoms in total. The Morgan fingerprint density at radius 1 is 1.26 bits per heavy atom. The fourth-order valence-corrected chi connectivity index (χ4v) is 2.62. The van der Waals surface area contributed by atoms with E-state index >= 15 is 0 Å². The first-order valence-electron chi connectivity index (χ1n) is 7.79. The van der Waals surface area contributed by atoms with Gasteiger partial charge < -0.3 is 10.2 Å². The van der Waals surface area contributed by atoms with Crippen molar-refractivity contribution in [3.8, 4) is 0 Å². The summed E-state index contributed by atoms with van der Waals surface area (Å²) < 4.78 is 0. The Kier molecular flexibility index (Phi) is 5.26. The third-order valence-corrected chi connectivity index (χ3v) is 3.81.